The van der Waals surface area contributed by atoms with Crippen molar-refractivity contribution in [2.24, 2.45) is 5.92 Å². The number of hydrogen-bond acceptors (Lipinski definition) is 2. The van der Waals surface area contributed by atoms with Gasteiger partial charge in [0.15, 0.2) is 0 Å². The van der Waals surface area contributed by atoms with Crippen LogP contribution in [0.15, 0.2) is 30.5 Å². The van der Waals surface area contributed by atoms with Gasteiger partial charge in [-0.1, -0.05) is 13.0 Å². The van der Waals surface area contributed by atoms with E-state index in [1.165, 1.54) is 23.7 Å². The number of nitrogens with one attached hydrogen (secondary N) is 2. The molecule has 4 rings (SSSR count). The second-order valence-electron chi connectivity index (χ2n) is 7.51. The third-order valence-corrected chi connectivity index (χ3v) is 5.57. The minimum Gasteiger partial charge on any atom is -0.347 e. The summed E-state index contributed by atoms with van der Waals surface area (Å²) in [7, 11) is 0. The number of halogens is 1. The molecule has 0 spiro atoms. The number of anilines is 1. The van der Waals surface area contributed by atoms with Crippen LogP contribution < -0.4 is 10.6 Å². The monoisotopic (exact) mass is 361 g/mol. The Balaban J connectivity index is 0.00000182. The third kappa shape index (κ3) is 4.01. The van der Waals surface area contributed by atoms with E-state index in [1.807, 2.05) is 6.07 Å². The number of nitrogens with zero attached hydrogens (tertiary/aromatic N) is 1. The van der Waals surface area contributed by atoms with Crippen molar-refractivity contribution in [1.82, 2.24) is 9.88 Å². The highest BCUT2D eigenvalue weighted by molar-refractivity contribution is 5.93. The standard InChI is InChI=1S/C20H27N3O.ClH/c1-2-8-23-9-7-15-3-4-18(13-19(15)23)22-20(24)12-14-10-16-5-6-17(11-14)21-16;/h3-4,7,9,13-14,16-17,21H,2,5-6,8,10-12H2,1H3,(H,22,24);1H. The van der Waals surface area contributed by atoms with Crippen molar-refractivity contribution in [1.29, 1.82) is 0 Å². The molecule has 4 nitrogen and oxygen atoms in total. The predicted octanol–water partition coefficient (Wildman–Crippen LogP) is 4.33. The fraction of sp³-hybridized carbons (Fsp3) is 0.550. The van der Waals surface area contributed by atoms with Crippen LogP contribution in [0.5, 0.6) is 0 Å². The van der Waals surface area contributed by atoms with Crippen LogP contribution in [-0.4, -0.2) is 22.6 Å². The first-order valence-corrected chi connectivity index (χ1v) is 9.36. The van der Waals surface area contributed by atoms with Gasteiger partial charge in [-0.15, -0.1) is 12.4 Å². The zero-order valence-electron chi connectivity index (χ0n) is 14.8. The molecular formula is C20H28ClN3O. The van der Waals surface area contributed by atoms with Gasteiger partial charge in [-0.05, 0) is 61.6 Å². The maximum atomic E-state index is 12.5. The first kappa shape index (κ1) is 18.3. The largest absolute Gasteiger partial charge is 0.347 e. The predicted molar refractivity (Wildman–Crippen MR) is 105 cm³/mol. The van der Waals surface area contributed by atoms with E-state index in [4.69, 9.17) is 0 Å². The molecule has 1 aromatic carbocycles. The van der Waals surface area contributed by atoms with Crippen molar-refractivity contribution in [2.45, 2.75) is 64.1 Å². The summed E-state index contributed by atoms with van der Waals surface area (Å²) in [6, 6.07) is 9.66. The van der Waals surface area contributed by atoms with Crippen molar-refractivity contribution in [3.63, 3.8) is 0 Å². The van der Waals surface area contributed by atoms with Crippen LogP contribution in [0.4, 0.5) is 5.69 Å². The molecule has 3 heterocycles. The van der Waals surface area contributed by atoms with Gasteiger partial charge in [0.05, 0.1) is 5.52 Å². The molecule has 2 aliphatic heterocycles. The van der Waals surface area contributed by atoms with Gasteiger partial charge in [0.1, 0.15) is 0 Å². The highest BCUT2D eigenvalue weighted by atomic mass is 35.5. The van der Waals surface area contributed by atoms with E-state index in [1.54, 1.807) is 0 Å². The molecule has 1 amide bonds. The van der Waals surface area contributed by atoms with Gasteiger partial charge in [-0.3, -0.25) is 4.79 Å². The van der Waals surface area contributed by atoms with Crippen LogP contribution in [0.3, 0.4) is 0 Å². The first-order chi connectivity index (χ1) is 11.7. The third-order valence-electron chi connectivity index (χ3n) is 5.57. The number of benzene rings is 1. The Morgan fingerprint density at radius 1 is 1.24 bits per heavy atom. The maximum Gasteiger partial charge on any atom is 0.224 e. The fourth-order valence-electron chi connectivity index (χ4n) is 4.51. The molecular weight excluding hydrogens is 334 g/mol. The van der Waals surface area contributed by atoms with Gasteiger partial charge in [-0.25, -0.2) is 0 Å². The summed E-state index contributed by atoms with van der Waals surface area (Å²) in [5, 5.41) is 7.99. The number of aryl methyl sites for hydroxylation is 1. The number of fused-ring (bicyclic) bond motifs is 3. The highest BCUT2D eigenvalue weighted by Crippen LogP contribution is 2.33. The zero-order valence-corrected chi connectivity index (χ0v) is 15.6. The van der Waals surface area contributed by atoms with E-state index in [9.17, 15) is 4.79 Å². The molecule has 2 aromatic rings. The molecule has 0 radical (unpaired) electrons. The van der Waals surface area contributed by atoms with Crippen LogP contribution in [0, 0.1) is 5.92 Å². The van der Waals surface area contributed by atoms with Gasteiger partial charge in [0.25, 0.3) is 0 Å². The van der Waals surface area contributed by atoms with Gasteiger partial charge in [-0.2, -0.15) is 0 Å². The molecule has 2 atom stereocenters. The van der Waals surface area contributed by atoms with Crippen LogP contribution >= 0.6 is 12.4 Å². The SMILES string of the molecule is CCCn1ccc2ccc(NC(=O)CC3CC4CCC(C3)N4)cc21.Cl. The minimum absolute atomic E-state index is 0. The molecule has 5 heteroatoms. The average molecular weight is 362 g/mol. The molecule has 0 aliphatic carbocycles. The van der Waals surface area contributed by atoms with Crippen LogP contribution in [-0.2, 0) is 11.3 Å². The molecule has 2 aliphatic rings. The molecule has 25 heavy (non-hydrogen) atoms. The Morgan fingerprint density at radius 2 is 2.00 bits per heavy atom. The van der Waals surface area contributed by atoms with Crippen LogP contribution in [0.2, 0.25) is 0 Å². The lowest BCUT2D eigenvalue weighted by molar-refractivity contribution is -0.117. The van der Waals surface area contributed by atoms with E-state index >= 15 is 0 Å². The zero-order chi connectivity index (χ0) is 16.5. The summed E-state index contributed by atoms with van der Waals surface area (Å²) >= 11 is 0. The van der Waals surface area contributed by atoms with Crippen LogP contribution in [0.1, 0.15) is 45.4 Å². The van der Waals surface area contributed by atoms with E-state index < -0.39 is 0 Å². The molecule has 2 bridgehead atoms. The fourth-order valence-corrected chi connectivity index (χ4v) is 4.51. The quantitative estimate of drug-likeness (QED) is 0.832. The number of amides is 1. The Kier molecular flexibility index (Phi) is 5.70. The molecule has 2 saturated heterocycles. The first-order valence-electron chi connectivity index (χ1n) is 9.36. The van der Waals surface area contributed by atoms with Gasteiger partial charge in [0.2, 0.25) is 5.91 Å². The lowest BCUT2D eigenvalue weighted by Gasteiger charge is -2.28. The lowest BCUT2D eigenvalue weighted by Crippen LogP contribution is -2.39. The summed E-state index contributed by atoms with van der Waals surface area (Å²) < 4.78 is 2.26. The molecule has 2 fully saturated rings. The van der Waals surface area contributed by atoms with Crippen molar-refractivity contribution >= 4 is 34.9 Å². The Labute approximate surface area is 155 Å². The summed E-state index contributed by atoms with van der Waals surface area (Å²) in [5.74, 6) is 0.700. The lowest BCUT2D eigenvalue weighted by atomic mass is 9.89. The van der Waals surface area contributed by atoms with E-state index in [-0.39, 0.29) is 18.3 Å². The Hall–Kier alpha value is -1.52. The summed E-state index contributed by atoms with van der Waals surface area (Å²) in [5.41, 5.74) is 2.12. The van der Waals surface area contributed by atoms with E-state index in [0.717, 1.165) is 31.5 Å². The Bertz CT molecular complexity index is 730. The molecule has 2 unspecified atom stereocenters. The highest BCUT2D eigenvalue weighted by Gasteiger charge is 2.34. The number of carbonyl (C=O) groups is 1. The number of rotatable bonds is 5. The number of aromatic nitrogens is 1. The molecule has 0 saturated carbocycles. The second-order valence-corrected chi connectivity index (χ2v) is 7.51. The normalized spacial score (nSPS) is 24.9. The molecule has 1 aromatic heterocycles. The van der Waals surface area contributed by atoms with E-state index in [2.05, 4.69) is 46.5 Å². The van der Waals surface area contributed by atoms with Crippen molar-refractivity contribution in [2.75, 3.05) is 5.32 Å². The van der Waals surface area contributed by atoms with Crippen molar-refractivity contribution < 1.29 is 4.79 Å². The number of carbonyl (C=O) groups excluding carboxylic acids is 1. The molecule has 136 valence electrons. The average Bonchev–Trinajstić information content (AvgIpc) is 3.11. The van der Waals surface area contributed by atoms with Crippen LogP contribution in [0.25, 0.3) is 10.9 Å². The smallest absolute Gasteiger partial charge is 0.224 e. The summed E-state index contributed by atoms with van der Waals surface area (Å²) in [6.45, 7) is 3.20. The Morgan fingerprint density at radius 3 is 2.72 bits per heavy atom. The van der Waals surface area contributed by atoms with E-state index in [0.29, 0.717) is 24.4 Å². The summed E-state index contributed by atoms with van der Waals surface area (Å²) in [4.78, 5) is 12.5. The van der Waals surface area contributed by atoms with Crippen molar-refractivity contribution in [3.05, 3.63) is 30.5 Å². The second kappa shape index (κ2) is 7.79. The minimum atomic E-state index is 0. The van der Waals surface area contributed by atoms with Crippen molar-refractivity contribution in [3.8, 4) is 0 Å². The summed E-state index contributed by atoms with van der Waals surface area (Å²) in [6.07, 6.45) is 8.78. The number of hydrogen-bond donors (Lipinski definition) is 2. The maximum absolute atomic E-state index is 12.5. The number of piperidine rings is 1. The molecule has 2 N–H and O–H groups in total. The topological polar surface area (TPSA) is 46.1 Å². The van der Waals surface area contributed by atoms with Gasteiger partial charge < -0.3 is 15.2 Å². The van der Waals surface area contributed by atoms with Gasteiger partial charge >= 0.3 is 0 Å². The van der Waals surface area contributed by atoms with Gasteiger partial charge in [0, 0.05) is 36.9 Å².